The highest BCUT2D eigenvalue weighted by Crippen LogP contribution is 2.17. The van der Waals surface area contributed by atoms with Crippen LogP contribution in [0.4, 0.5) is 4.79 Å². The van der Waals surface area contributed by atoms with Crippen LogP contribution < -0.4 is 5.32 Å². The first-order valence-corrected chi connectivity index (χ1v) is 9.78. The Morgan fingerprint density at radius 1 is 0.750 bits per heavy atom. The van der Waals surface area contributed by atoms with Crippen LogP contribution in [0.3, 0.4) is 0 Å². The molecular weight excluding hydrogens is 304 g/mol. The van der Waals surface area contributed by atoms with Gasteiger partial charge in [0.25, 0.3) is 0 Å². The fourth-order valence-corrected chi connectivity index (χ4v) is 4.06. The summed E-state index contributed by atoms with van der Waals surface area (Å²) >= 11 is 0. The molecule has 0 unspecified atom stereocenters. The molecule has 0 aromatic rings. The van der Waals surface area contributed by atoms with Gasteiger partial charge in [-0.2, -0.15) is 0 Å². The Bertz CT molecular complexity index is 421. The van der Waals surface area contributed by atoms with Crippen molar-refractivity contribution in [3.8, 4) is 0 Å². The number of hydrogen-bond acceptors (Lipinski definition) is 3. The van der Waals surface area contributed by atoms with E-state index < -0.39 is 0 Å². The number of likely N-dealkylation sites (tertiary alicyclic amines) is 1. The number of carbonyl (C=O) groups excluding carboxylic acids is 2. The van der Waals surface area contributed by atoms with Gasteiger partial charge in [0.05, 0.1) is 6.54 Å². The zero-order chi connectivity index (χ0) is 16.8. The lowest BCUT2D eigenvalue weighted by atomic mass is 10.1. The summed E-state index contributed by atoms with van der Waals surface area (Å²) < 4.78 is 0. The summed E-state index contributed by atoms with van der Waals surface area (Å²) in [6.45, 7) is 5.41. The Morgan fingerprint density at radius 2 is 1.38 bits per heavy atom. The van der Waals surface area contributed by atoms with Gasteiger partial charge in [-0.1, -0.05) is 25.7 Å². The molecule has 0 radical (unpaired) electrons. The number of hydrogen-bond donors (Lipinski definition) is 1. The molecule has 0 bridgehead atoms. The van der Waals surface area contributed by atoms with Gasteiger partial charge in [-0.25, -0.2) is 4.79 Å². The molecule has 6 heteroatoms. The van der Waals surface area contributed by atoms with Gasteiger partial charge >= 0.3 is 6.03 Å². The number of nitrogens with zero attached hydrogens (tertiary/aromatic N) is 3. The van der Waals surface area contributed by atoms with E-state index in [9.17, 15) is 9.59 Å². The summed E-state index contributed by atoms with van der Waals surface area (Å²) in [5.41, 5.74) is 0. The SMILES string of the molecule is O=C(CN1CCN(C(=O)NC2CCCCCC2)CC1)N1CCCC1. The van der Waals surface area contributed by atoms with Crippen molar-refractivity contribution in [1.29, 1.82) is 0 Å². The predicted octanol–water partition coefficient (Wildman–Crippen LogP) is 1.66. The molecule has 0 atom stereocenters. The van der Waals surface area contributed by atoms with E-state index in [0.29, 0.717) is 12.6 Å². The number of amides is 3. The number of carbonyl (C=O) groups is 2. The number of piperazine rings is 1. The Balaban J connectivity index is 1.37. The third-order valence-corrected chi connectivity index (χ3v) is 5.66. The van der Waals surface area contributed by atoms with Gasteiger partial charge in [-0.05, 0) is 25.7 Å². The van der Waals surface area contributed by atoms with Crippen LogP contribution >= 0.6 is 0 Å². The van der Waals surface area contributed by atoms with Gasteiger partial charge in [0, 0.05) is 45.3 Å². The highest BCUT2D eigenvalue weighted by Gasteiger charge is 2.26. The second-order valence-corrected chi connectivity index (χ2v) is 7.49. The molecule has 1 N–H and O–H groups in total. The zero-order valence-corrected chi connectivity index (χ0v) is 14.8. The van der Waals surface area contributed by atoms with Crippen molar-refractivity contribution < 1.29 is 9.59 Å². The molecule has 2 saturated heterocycles. The molecule has 3 aliphatic rings. The number of nitrogens with one attached hydrogen (secondary N) is 1. The molecule has 0 spiro atoms. The molecule has 24 heavy (non-hydrogen) atoms. The summed E-state index contributed by atoms with van der Waals surface area (Å²) in [7, 11) is 0. The lowest BCUT2D eigenvalue weighted by molar-refractivity contribution is -0.131. The Labute approximate surface area is 145 Å². The van der Waals surface area contributed by atoms with Crippen LogP contribution in [0.1, 0.15) is 51.4 Å². The average molecular weight is 336 g/mol. The molecule has 2 aliphatic heterocycles. The molecule has 136 valence electrons. The fourth-order valence-electron chi connectivity index (χ4n) is 4.06. The summed E-state index contributed by atoms with van der Waals surface area (Å²) in [5.74, 6) is 0.254. The monoisotopic (exact) mass is 336 g/mol. The summed E-state index contributed by atoms with van der Waals surface area (Å²) in [5, 5.41) is 3.22. The highest BCUT2D eigenvalue weighted by atomic mass is 16.2. The molecule has 3 rings (SSSR count). The molecule has 1 saturated carbocycles. The van der Waals surface area contributed by atoms with Gasteiger partial charge in [-0.3, -0.25) is 9.69 Å². The molecule has 2 heterocycles. The van der Waals surface area contributed by atoms with Crippen LogP contribution in [-0.4, -0.2) is 78.5 Å². The normalized spacial score (nSPS) is 24.0. The van der Waals surface area contributed by atoms with E-state index in [-0.39, 0.29) is 11.9 Å². The zero-order valence-electron chi connectivity index (χ0n) is 14.8. The Morgan fingerprint density at radius 3 is 2.00 bits per heavy atom. The van der Waals surface area contributed by atoms with Crippen molar-refractivity contribution in [2.45, 2.75) is 57.4 Å². The second kappa shape index (κ2) is 8.70. The highest BCUT2D eigenvalue weighted by molar-refractivity contribution is 5.78. The average Bonchev–Trinajstić information content (AvgIpc) is 3.02. The quantitative estimate of drug-likeness (QED) is 0.798. The first-order valence-electron chi connectivity index (χ1n) is 9.78. The summed E-state index contributed by atoms with van der Waals surface area (Å²) in [4.78, 5) is 30.7. The van der Waals surface area contributed by atoms with Crippen molar-refractivity contribution in [3.63, 3.8) is 0 Å². The van der Waals surface area contributed by atoms with Crippen molar-refractivity contribution in [2.75, 3.05) is 45.8 Å². The molecule has 1 aliphatic carbocycles. The van der Waals surface area contributed by atoms with Crippen LogP contribution in [0.25, 0.3) is 0 Å². The molecule has 0 aromatic heterocycles. The molecular formula is C18H32N4O2. The number of urea groups is 1. The largest absolute Gasteiger partial charge is 0.342 e. The van der Waals surface area contributed by atoms with Gasteiger partial charge in [0.1, 0.15) is 0 Å². The van der Waals surface area contributed by atoms with Crippen LogP contribution in [0.5, 0.6) is 0 Å². The second-order valence-electron chi connectivity index (χ2n) is 7.49. The van der Waals surface area contributed by atoms with E-state index in [1.165, 1.54) is 25.7 Å². The minimum Gasteiger partial charge on any atom is -0.342 e. The Kier molecular flexibility index (Phi) is 6.35. The van der Waals surface area contributed by atoms with Gasteiger partial charge < -0.3 is 15.1 Å². The number of rotatable bonds is 3. The van der Waals surface area contributed by atoms with Crippen LogP contribution in [0, 0.1) is 0 Å². The van der Waals surface area contributed by atoms with Crippen molar-refractivity contribution in [3.05, 3.63) is 0 Å². The predicted molar refractivity (Wildman–Crippen MR) is 93.8 cm³/mol. The van der Waals surface area contributed by atoms with E-state index in [2.05, 4.69) is 10.2 Å². The molecule has 0 aromatic carbocycles. The van der Waals surface area contributed by atoms with E-state index >= 15 is 0 Å². The maximum absolute atomic E-state index is 12.4. The third kappa shape index (κ3) is 4.85. The lowest BCUT2D eigenvalue weighted by Gasteiger charge is -2.35. The maximum Gasteiger partial charge on any atom is 0.317 e. The van der Waals surface area contributed by atoms with Crippen LogP contribution in [0.15, 0.2) is 0 Å². The topological polar surface area (TPSA) is 55.9 Å². The maximum atomic E-state index is 12.4. The van der Waals surface area contributed by atoms with Gasteiger partial charge in [-0.15, -0.1) is 0 Å². The molecule has 3 fully saturated rings. The van der Waals surface area contributed by atoms with Crippen molar-refractivity contribution >= 4 is 11.9 Å². The van der Waals surface area contributed by atoms with Crippen LogP contribution in [-0.2, 0) is 4.79 Å². The van der Waals surface area contributed by atoms with E-state index in [0.717, 1.165) is 65.0 Å². The van der Waals surface area contributed by atoms with E-state index in [4.69, 9.17) is 0 Å². The van der Waals surface area contributed by atoms with E-state index in [1.54, 1.807) is 0 Å². The fraction of sp³-hybridized carbons (Fsp3) is 0.889. The van der Waals surface area contributed by atoms with Crippen LogP contribution in [0.2, 0.25) is 0 Å². The Hall–Kier alpha value is -1.30. The summed E-state index contributed by atoms with van der Waals surface area (Å²) in [6, 6.07) is 0.446. The molecule has 6 nitrogen and oxygen atoms in total. The first-order chi connectivity index (χ1) is 11.7. The van der Waals surface area contributed by atoms with E-state index in [1.807, 2.05) is 9.80 Å². The standard InChI is InChI=1S/C18H32N4O2/c23-17(21-9-5-6-10-21)15-20-11-13-22(14-12-20)18(24)19-16-7-3-1-2-4-8-16/h16H,1-15H2,(H,19,24). The van der Waals surface area contributed by atoms with Gasteiger partial charge in [0.15, 0.2) is 0 Å². The first kappa shape index (κ1) is 17.5. The smallest absolute Gasteiger partial charge is 0.317 e. The minimum absolute atomic E-state index is 0.0902. The lowest BCUT2D eigenvalue weighted by Crippen LogP contribution is -2.54. The summed E-state index contributed by atoms with van der Waals surface area (Å²) in [6.07, 6.45) is 9.59. The minimum atomic E-state index is 0.0902. The van der Waals surface area contributed by atoms with Gasteiger partial charge in [0.2, 0.25) is 5.91 Å². The van der Waals surface area contributed by atoms with Crippen molar-refractivity contribution in [2.24, 2.45) is 0 Å². The third-order valence-electron chi connectivity index (χ3n) is 5.66. The van der Waals surface area contributed by atoms with Crippen molar-refractivity contribution in [1.82, 2.24) is 20.0 Å². The molecule has 3 amide bonds.